The zero-order valence-electron chi connectivity index (χ0n) is 16.2. The Labute approximate surface area is 167 Å². The number of nitrogens with zero attached hydrogens (tertiary/aromatic N) is 2. The van der Waals surface area contributed by atoms with Gasteiger partial charge in [0, 0.05) is 24.4 Å². The molecular weight excluding hydrogens is 347 g/mol. The van der Waals surface area contributed by atoms with Gasteiger partial charge in [-0.25, -0.2) is 4.39 Å². The molecule has 28 heavy (non-hydrogen) atoms. The normalized spacial score (nSPS) is 15.6. The summed E-state index contributed by atoms with van der Waals surface area (Å²) in [5, 5.41) is 0. The Kier molecular flexibility index (Phi) is 6.13. The second kappa shape index (κ2) is 9.11. The Morgan fingerprint density at radius 1 is 0.821 bits per heavy atom. The van der Waals surface area contributed by atoms with E-state index < -0.39 is 0 Å². The van der Waals surface area contributed by atoms with Crippen LogP contribution in [-0.4, -0.2) is 29.5 Å². The Bertz CT molecular complexity index is 851. The molecule has 0 N–H and O–H groups in total. The lowest BCUT2D eigenvalue weighted by Crippen LogP contribution is -2.34. The maximum absolute atomic E-state index is 13.0. The van der Waals surface area contributed by atoms with Gasteiger partial charge in [-0.2, -0.15) is 0 Å². The Balaban J connectivity index is 1.27. The van der Waals surface area contributed by atoms with Crippen LogP contribution < -0.4 is 0 Å². The van der Waals surface area contributed by atoms with Crippen LogP contribution in [0.2, 0.25) is 0 Å². The molecule has 0 spiro atoms. The van der Waals surface area contributed by atoms with E-state index in [0.29, 0.717) is 5.92 Å². The zero-order valence-corrected chi connectivity index (χ0v) is 16.2. The van der Waals surface area contributed by atoms with Crippen LogP contribution in [0, 0.1) is 5.82 Å². The minimum Gasteiger partial charge on any atom is -0.303 e. The quantitative estimate of drug-likeness (QED) is 0.587. The van der Waals surface area contributed by atoms with E-state index in [1.807, 2.05) is 18.3 Å². The molecule has 144 valence electrons. The van der Waals surface area contributed by atoms with Crippen molar-refractivity contribution in [1.82, 2.24) is 9.88 Å². The van der Waals surface area contributed by atoms with Gasteiger partial charge in [-0.1, -0.05) is 48.5 Å². The molecule has 3 aromatic rings. The number of benzene rings is 2. The average Bonchev–Trinajstić information content (AvgIpc) is 2.76. The number of rotatable bonds is 6. The highest BCUT2D eigenvalue weighted by molar-refractivity contribution is 5.26. The van der Waals surface area contributed by atoms with Gasteiger partial charge in [0.1, 0.15) is 5.82 Å². The van der Waals surface area contributed by atoms with Crippen LogP contribution in [0.3, 0.4) is 0 Å². The Morgan fingerprint density at radius 2 is 1.54 bits per heavy atom. The lowest BCUT2D eigenvalue weighted by molar-refractivity contribution is 0.213. The summed E-state index contributed by atoms with van der Waals surface area (Å²) in [5.74, 6) is 0.375. The molecule has 2 nitrogen and oxygen atoms in total. The molecule has 1 aromatic heterocycles. The summed E-state index contributed by atoms with van der Waals surface area (Å²) in [6.07, 6.45) is 6.27. The molecule has 2 heterocycles. The van der Waals surface area contributed by atoms with Gasteiger partial charge < -0.3 is 4.90 Å². The summed E-state index contributed by atoms with van der Waals surface area (Å²) >= 11 is 0. The summed E-state index contributed by atoms with van der Waals surface area (Å²) in [7, 11) is 0. The van der Waals surface area contributed by atoms with Crippen molar-refractivity contribution in [3.05, 3.63) is 101 Å². The van der Waals surface area contributed by atoms with E-state index in [2.05, 4.69) is 47.4 Å². The lowest BCUT2D eigenvalue weighted by atomic mass is 9.92. The molecular formula is C25H27FN2. The van der Waals surface area contributed by atoms with Gasteiger partial charge in [-0.15, -0.1) is 0 Å². The molecule has 0 atom stereocenters. The number of pyridine rings is 1. The summed E-state index contributed by atoms with van der Waals surface area (Å²) in [4.78, 5) is 7.32. The fourth-order valence-corrected chi connectivity index (χ4v) is 4.00. The van der Waals surface area contributed by atoms with E-state index >= 15 is 0 Å². The van der Waals surface area contributed by atoms with Crippen LogP contribution >= 0.6 is 0 Å². The highest BCUT2D eigenvalue weighted by atomic mass is 19.1. The topological polar surface area (TPSA) is 16.1 Å². The van der Waals surface area contributed by atoms with Crippen LogP contribution in [0.15, 0.2) is 72.9 Å². The maximum atomic E-state index is 13.0. The van der Waals surface area contributed by atoms with Crippen molar-refractivity contribution in [3.63, 3.8) is 0 Å². The molecule has 0 saturated carbocycles. The summed E-state index contributed by atoms with van der Waals surface area (Å²) < 4.78 is 13.0. The molecule has 1 fully saturated rings. The fraction of sp³-hybridized carbons (Fsp3) is 0.320. The number of halogens is 1. The third-order valence-corrected chi connectivity index (χ3v) is 5.73. The zero-order chi connectivity index (χ0) is 19.2. The smallest absolute Gasteiger partial charge is 0.123 e. The monoisotopic (exact) mass is 374 g/mol. The first-order valence-electron chi connectivity index (χ1n) is 10.2. The van der Waals surface area contributed by atoms with Gasteiger partial charge >= 0.3 is 0 Å². The second-order valence-corrected chi connectivity index (χ2v) is 7.75. The van der Waals surface area contributed by atoms with Crippen molar-refractivity contribution >= 4 is 0 Å². The third-order valence-electron chi connectivity index (χ3n) is 5.73. The van der Waals surface area contributed by atoms with Crippen LogP contribution in [-0.2, 0) is 12.8 Å². The Hall–Kier alpha value is -2.52. The van der Waals surface area contributed by atoms with E-state index in [-0.39, 0.29) is 5.82 Å². The summed E-state index contributed by atoms with van der Waals surface area (Å²) in [6, 6.07) is 21.8. The standard InChI is InChI=1S/C25H27FN2/c26-24-9-6-21(7-10-24)18-22-8-11-25(27-19-22)23-13-16-28(17-14-23)15-12-20-4-2-1-3-5-20/h1-11,19,23H,12-18H2. The highest BCUT2D eigenvalue weighted by Gasteiger charge is 2.21. The molecule has 3 heteroatoms. The number of likely N-dealkylation sites (tertiary alicyclic amines) is 1. The SMILES string of the molecule is Fc1ccc(Cc2ccc(C3CCN(CCc4ccccc4)CC3)nc2)cc1. The predicted molar refractivity (Wildman–Crippen MR) is 112 cm³/mol. The molecule has 0 radical (unpaired) electrons. The van der Waals surface area contributed by atoms with Gasteiger partial charge in [0.15, 0.2) is 0 Å². The summed E-state index contributed by atoms with van der Waals surface area (Å²) in [5.41, 5.74) is 4.92. The van der Waals surface area contributed by atoms with Crippen LogP contribution in [0.1, 0.15) is 41.1 Å². The number of hydrogen-bond acceptors (Lipinski definition) is 2. The first-order chi connectivity index (χ1) is 13.8. The van der Waals surface area contributed by atoms with Crippen molar-refractivity contribution in [1.29, 1.82) is 0 Å². The molecule has 4 rings (SSSR count). The summed E-state index contributed by atoms with van der Waals surface area (Å²) in [6.45, 7) is 3.44. The highest BCUT2D eigenvalue weighted by Crippen LogP contribution is 2.27. The van der Waals surface area contributed by atoms with E-state index in [1.165, 1.54) is 41.8 Å². The van der Waals surface area contributed by atoms with Crippen molar-refractivity contribution in [2.24, 2.45) is 0 Å². The maximum Gasteiger partial charge on any atom is 0.123 e. The van der Waals surface area contributed by atoms with Crippen LogP contribution in [0.25, 0.3) is 0 Å². The van der Waals surface area contributed by atoms with E-state index in [0.717, 1.165) is 38.0 Å². The van der Waals surface area contributed by atoms with Crippen molar-refractivity contribution in [3.8, 4) is 0 Å². The molecule has 0 aliphatic carbocycles. The van der Waals surface area contributed by atoms with E-state index in [1.54, 1.807) is 0 Å². The van der Waals surface area contributed by atoms with E-state index in [9.17, 15) is 4.39 Å². The first kappa shape index (κ1) is 18.8. The molecule has 1 saturated heterocycles. The van der Waals surface area contributed by atoms with Crippen molar-refractivity contribution in [2.45, 2.75) is 31.6 Å². The number of piperidine rings is 1. The van der Waals surface area contributed by atoms with E-state index in [4.69, 9.17) is 4.98 Å². The largest absolute Gasteiger partial charge is 0.303 e. The molecule has 2 aromatic carbocycles. The average molecular weight is 375 g/mol. The van der Waals surface area contributed by atoms with Crippen LogP contribution in [0.5, 0.6) is 0 Å². The van der Waals surface area contributed by atoms with Gasteiger partial charge in [-0.05, 0) is 73.7 Å². The third kappa shape index (κ3) is 5.05. The molecule has 1 aliphatic heterocycles. The molecule has 0 amide bonds. The number of hydrogen-bond donors (Lipinski definition) is 0. The second-order valence-electron chi connectivity index (χ2n) is 7.75. The minimum atomic E-state index is -0.188. The van der Waals surface area contributed by atoms with Gasteiger partial charge in [0.2, 0.25) is 0 Å². The number of aromatic nitrogens is 1. The minimum absolute atomic E-state index is 0.188. The molecule has 0 bridgehead atoms. The first-order valence-corrected chi connectivity index (χ1v) is 10.2. The van der Waals surface area contributed by atoms with Gasteiger partial charge in [0.25, 0.3) is 0 Å². The molecule has 1 aliphatic rings. The lowest BCUT2D eigenvalue weighted by Gasteiger charge is -2.31. The van der Waals surface area contributed by atoms with Gasteiger partial charge in [0.05, 0.1) is 0 Å². The predicted octanol–water partition coefficient (Wildman–Crippen LogP) is 5.23. The molecule has 0 unspecified atom stereocenters. The van der Waals surface area contributed by atoms with Crippen molar-refractivity contribution in [2.75, 3.05) is 19.6 Å². The van der Waals surface area contributed by atoms with Crippen molar-refractivity contribution < 1.29 is 4.39 Å². The fourth-order valence-electron chi connectivity index (χ4n) is 4.00. The Morgan fingerprint density at radius 3 is 2.21 bits per heavy atom. The van der Waals surface area contributed by atoms with Crippen LogP contribution in [0.4, 0.5) is 4.39 Å². The van der Waals surface area contributed by atoms with Gasteiger partial charge in [-0.3, -0.25) is 4.98 Å².